The van der Waals surface area contributed by atoms with Crippen LogP contribution in [0.15, 0.2) is 71.7 Å². The third-order valence-corrected chi connectivity index (χ3v) is 4.62. The molecule has 1 aliphatic carbocycles. The molecule has 1 nitrogen and oxygen atoms in total. The molecule has 0 N–H and O–H groups in total. The summed E-state index contributed by atoms with van der Waals surface area (Å²) in [6.45, 7) is 18.0. The van der Waals surface area contributed by atoms with Gasteiger partial charge in [-0.15, -0.1) is 0 Å². The average Bonchev–Trinajstić information content (AvgIpc) is 2.47. The maximum atomic E-state index is 4.35. The van der Waals surface area contributed by atoms with Crippen molar-refractivity contribution in [1.82, 2.24) is 4.90 Å². The Kier molecular flexibility index (Phi) is 5.28. The highest BCUT2D eigenvalue weighted by Gasteiger charge is 2.29. The highest BCUT2D eigenvalue weighted by atomic mass is 15.1. The van der Waals surface area contributed by atoms with Gasteiger partial charge < -0.3 is 4.90 Å². The monoisotopic (exact) mass is 295 g/mol. The first-order valence-corrected chi connectivity index (χ1v) is 8.27. The van der Waals surface area contributed by atoms with Gasteiger partial charge in [0, 0.05) is 24.4 Å². The third kappa shape index (κ3) is 3.52. The van der Waals surface area contributed by atoms with E-state index in [1.807, 2.05) is 6.92 Å². The van der Waals surface area contributed by atoms with Crippen LogP contribution >= 0.6 is 0 Å². The molecular weight excluding hydrogens is 266 g/mol. The van der Waals surface area contributed by atoms with Gasteiger partial charge in [0.25, 0.3) is 0 Å². The van der Waals surface area contributed by atoms with Gasteiger partial charge in [-0.3, -0.25) is 0 Å². The summed E-state index contributed by atoms with van der Waals surface area (Å²) >= 11 is 0. The molecule has 2 rings (SSSR count). The minimum Gasteiger partial charge on any atom is -0.341 e. The van der Waals surface area contributed by atoms with Crippen molar-refractivity contribution in [2.75, 3.05) is 6.54 Å². The molecule has 0 amide bonds. The van der Waals surface area contributed by atoms with Gasteiger partial charge in [-0.05, 0) is 43.8 Å². The van der Waals surface area contributed by atoms with E-state index in [0.29, 0.717) is 11.8 Å². The quantitative estimate of drug-likeness (QED) is 0.595. The number of hydrogen-bond acceptors (Lipinski definition) is 1. The molecule has 1 heterocycles. The fourth-order valence-electron chi connectivity index (χ4n) is 3.36. The number of nitrogens with zero attached hydrogens (tertiary/aromatic N) is 1. The van der Waals surface area contributed by atoms with E-state index < -0.39 is 0 Å². The van der Waals surface area contributed by atoms with E-state index >= 15 is 0 Å². The molecule has 1 atom stereocenters. The first kappa shape index (κ1) is 16.6. The summed E-state index contributed by atoms with van der Waals surface area (Å²) in [7, 11) is 0. The van der Waals surface area contributed by atoms with Crippen LogP contribution in [0.25, 0.3) is 0 Å². The molecule has 1 heteroatoms. The topological polar surface area (TPSA) is 3.24 Å². The van der Waals surface area contributed by atoms with Gasteiger partial charge in [-0.2, -0.15) is 0 Å². The molecule has 22 heavy (non-hydrogen) atoms. The Bertz CT molecular complexity index is 581. The van der Waals surface area contributed by atoms with E-state index in [4.69, 9.17) is 0 Å². The Balaban J connectivity index is 2.27. The Hall–Kier alpha value is -1.76. The van der Waals surface area contributed by atoms with E-state index in [1.54, 1.807) is 5.57 Å². The Morgan fingerprint density at radius 3 is 2.68 bits per heavy atom. The summed E-state index contributed by atoms with van der Waals surface area (Å²) in [6, 6.07) is 0. The molecule has 0 radical (unpaired) electrons. The Labute approximate surface area is 136 Å². The van der Waals surface area contributed by atoms with Crippen LogP contribution in [0, 0.1) is 11.8 Å². The lowest BCUT2D eigenvalue weighted by atomic mass is 9.76. The van der Waals surface area contributed by atoms with Crippen LogP contribution in [0.5, 0.6) is 0 Å². The Morgan fingerprint density at radius 2 is 2.09 bits per heavy atom. The number of rotatable bonds is 4. The SMILES string of the molecule is C=C(C)/C=C\C(=C/C)N1CC2=C(CC1=C)C(C(C)C)CC=C2. The molecule has 0 aromatic heterocycles. The van der Waals surface area contributed by atoms with Crippen molar-refractivity contribution < 1.29 is 0 Å². The summed E-state index contributed by atoms with van der Waals surface area (Å²) in [5, 5.41) is 0. The third-order valence-electron chi connectivity index (χ3n) is 4.62. The van der Waals surface area contributed by atoms with Crippen molar-refractivity contribution >= 4 is 0 Å². The minimum absolute atomic E-state index is 0.680. The smallest absolute Gasteiger partial charge is 0.0478 e. The van der Waals surface area contributed by atoms with Crippen LogP contribution in [0.1, 0.15) is 40.5 Å². The van der Waals surface area contributed by atoms with Crippen LogP contribution in [-0.4, -0.2) is 11.4 Å². The lowest BCUT2D eigenvalue weighted by Crippen LogP contribution is -2.31. The van der Waals surface area contributed by atoms with Crippen molar-refractivity contribution in [3.05, 3.63) is 71.7 Å². The van der Waals surface area contributed by atoms with E-state index in [1.165, 1.54) is 23.4 Å². The van der Waals surface area contributed by atoms with Gasteiger partial charge in [-0.1, -0.05) is 62.5 Å². The van der Waals surface area contributed by atoms with Gasteiger partial charge in [0.05, 0.1) is 0 Å². The maximum absolute atomic E-state index is 4.35. The van der Waals surface area contributed by atoms with Crippen molar-refractivity contribution in [3.63, 3.8) is 0 Å². The molecule has 0 bridgehead atoms. The fourth-order valence-corrected chi connectivity index (χ4v) is 3.36. The predicted octanol–water partition coefficient (Wildman–Crippen LogP) is 5.77. The predicted molar refractivity (Wildman–Crippen MR) is 97.3 cm³/mol. The first-order valence-electron chi connectivity index (χ1n) is 8.27. The van der Waals surface area contributed by atoms with E-state index in [-0.39, 0.29) is 0 Å². The van der Waals surface area contributed by atoms with Crippen molar-refractivity contribution in [1.29, 1.82) is 0 Å². The van der Waals surface area contributed by atoms with Gasteiger partial charge in [0.15, 0.2) is 0 Å². The second kappa shape index (κ2) is 7.00. The number of hydrogen-bond donors (Lipinski definition) is 0. The molecule has 1 aliphatic heterocycles. The molecule has 0 saturated carbocycles. The zero-order valence-corrected chi connectivity index (χ0v) is 14.5. The normalized spacial score (nSPS) is 22.8. The summed E-state index contributed by atoms with van der Waals surface area (Å²) < 4.78 is 0. The lowest BCUT2D eigenvalue weighted by Gasteiger charge is -2.39. The Morgan fingerprint density at radius 1 is 1.36 bits per heavy atom. The molecule has 1 unspecified atom stereocenters. The van der Waals surface area contributed by atoms with Crippen LogP contribution in [-0.2, 0) is 0 Å². The molecular formula is C21H29N. The maximum Gasteiger partial charge on any atom is 0.0478 e. The zero-order chi connectivity index (χ0) is 16.3. The molecule has 0 saturated heterocycles. The summed E-state index contributed by atoms with van der Waals surface area (Å²) in [6.07, 6.45) is 13.2. The molecule has 0 fully saturated rings. The second-order valence-corrected chi connectivity index (χ2v) is 6.76. The zero-order valence-electron chi connectivity index (χ0n) is 14.5. The highest BCUT2D eigenvalue weighted by molar-refractivity contribution is 5.42. The van der Waals surface area contributed by atoms with Crippen LogP contribution in [0.2, 0.25) is 0 Å². The van der Waals surface area contributed by atoms with Crippen LogP contribution < -0.4 is 0 Å². The molecule has 2 aliphatic rings. The lowest BCUT2D eigenvalue weighted by molar-refractivity contribution is 0.384. The first-order chi connectivity index (χ1) is 10.4. The largest absolute Gasteiger partial charge is 0.341 e. The van der Waals surface area contributed by atoms with Gasteiger partial charge >= 0.3 is 0 Å². The molecule has 0 aromatic carbocycles. The van der Waals surface area contributed by atoms with Crippen molar-refractivity contribution in [2.24, 2.45) is 11.8 Å². The van der Waals surface area contributed by atoms with Crippen LogP contribution in [0.3, 0.4) is 0 Å². The summed E-state index contributed by atoms with van der Waals surface area (Å²) in [4.78, 5) is 2.34. The van der Waals surface area contributed by atoms with Gasteiger partial charge in [0.1, 0.15) is 0 Å². The van der Waals surface area contributed by atoms with E-state index in [0.717, 1.165) is 18.5 Å². The standard InChI is InChI=1S/C21H29N/c1-7-19(12-11-15(2)3)22-14-18-9-8-10-20(16(4)5)21(18)13-17(22)6/h7-9,11-12,16,20H,2,6,10,13-14H2,1,3-5H3/b12-11-,19-7+. The van der Waals surface area contributed by atoms with Gasteiger partial charge in [0.2, 0.25) is 0 Å². The number of allylic oxidation sites excluding steroid dienone is 6. The molecule has 0 aromatic rings. The van der Waals surface area contributed by atoms with Crippen molar-refractivity contribution in [2.45, 2.75) is 40.5 Å². The highest BCUT2D eigenvalue weighted by Crippen LogP contribution is 2.40. The minimum atomic E-state index is 0.680. The summed E-state index contributed by atoms with van der Waals surface area (Å²) in [5.74, 6) is 1.37. The van der Waals surface area contributed by atoms with E-state index in [2.05, 4.69) is 69.2 Å². The average molecular weight is 295 g/mol. The van der Waals surface area contributed by atoms with Gasteiger partial charge in [-0.25, -0.2) is 0 Å². The fraction of sp³-hybridized carbons (Fsp3) is 0.429. The molecule has 118 valence electrons. The van der Waals surface area contributed by atoms with E-state index in [9.17, 15) is 0 Å². The summed E-state index contributed by atoms with van der Waals surface area (Å²) in [5.41, 5.74) is 6.58. The second-order valence-electron chi connectivity index (χ2n) is 6.76. The van der Waals surface area contributed by atoms with Crippen LogP contribution in [0.4, 0.5) is 0 Å². The van der Waals surface area contributed by atoms with Crippen molar-refractivity contribution in [3.8, 4) is 0 Å². The molecule has 0 spiro atoms.